The molecule has 0 bridgehead atoms. The summed E-state index contributed by atoms with van der Waals surface area (Å²) >= 11 is 6.63. The van der Waals surface area contributed by atoms with Gasteiger partial charge < -0.3 is 4.74 Å². The molecule has 0 fully saturated rings. The molecular formula is C10H14ClNO4S2. The number of thiophene rings is 1. The van der Waals surface area contributed by atoms with Gasteiger partial charge in [0.1, 0.15) is 4.21 Å². The molecule has 1 heterocycles. The van der Waals surface area contributed by atoms with E-state index in [1.165, 1.54) is 13.0 Å². The van der Waals surface area contributed by atoms with Gasteiger partial charge in [-0.25, -0.2) is 13.1 Å². The zero-order chi connectivity index (χ0) is 13.8. The highest BCUT2D eigenvalue weighted by Crippen LogP contribution is 2.30. The number of carbonyl (C=O) groups is 1. The van der Waals surface area contributed by atoms with Gasteiger partial charge in [0.25, 0.3) is 10.0 Å². The molecule has 1 aromatic heterocycles. The van der Waals surface area contributed by atoms with E-state index in [1.54, 1.807) is 7.11 Å². The molecule has 0 aliphatic rings. The normalized spacial score (nSPS) is 11.7. The zero-order valence-corrected chi connectivity index (χ0v) is 12.4. The van der Waals surface area contributed by atoms with Crippen LogP contribution < -0.4 is 4.72 Å². The van der Waals surface area contributed by atoms with Gasteiger partial charge in [0, 0.05) is 25.8 Å². The molecule has 8 heteroatoms. The monoisotopic (exact) mass is 311 g/mol. The lowest BCUT2D eigenvalue weighted by Crippen LogP contribution is -2.25. The van der Waals surface area contributed by atoms with Crippen molar-refractivity contribution in [3.8, 4) is 0 Å². The van der Waals surface area contributed by atoms with Crippen LogP contribution in [-0.4, -0.2) is 34.5 Å². The summed E-state index contributed by atoms with van der Waals surface area (Å²) in [4.78, 5) is 11.3. The molecule has 0 saturated heterocycles. The van der Waals surface area contributed by atoms with Gasteiger partial charge in [-0.3, -0.25) is 4.79 Å². The van der Waals surface area contributed by atoms with Gasteiger partial charge in [0.05, 0.1) is 4.34 Å². The van der Waals surface area contributed by atoms with Crippen molar-refractivity contribution in [2.24, 2.45) is 0 Å². The first kappa shape index (κ1) is 15.6. The van der Waals surface area contributed by atoms with Crippen LogP contribution in [0.3, 0.4) is 0 Å². The summed E-state index contributed by atoms with van der Waals surface area (Å²) in [6.45, 7) is 2.03. The lowest BCUT2D eigenvalue weighted by Gasteiger charge is -2.05. The fraction of sp³-hybridized carbons (Fsp3) is 0.500. The Balaban J connectivity index is 2.88. The summed E-state index contributed by atoms with van der Waals surface area (Å²) in [5.74, 6) is -0.324. The van der Waals surface area contributed by atoms with Gasteiger partial charge >= 0.3 is 0 Å². The maximum absolute atomic E-state index is 12.0. The van der Waals surface area contributed by atoms with Crippen LogP contribution in [0.25, 0.3) is 0 Å². The Bertz CT molecular complexity index is 524. The highest BCUT2D eigenvalue weighted by molar-refractivity contribution is 7.91. The number of Topliss-reactive ketones (excluding diaryl/α,β-unsaturated/α-hetero) is 1. The number of ether oxygens (including phenoxy) is 1. The first-order valence-corrected chi connectivity index (χ1v) is 7.85. The molecule has 0 unspecified atom stereocenters. The van der Waals surface area contributed by atoms with Crippen molar-refractivity contribution in [1.29, 1.82) is 0 Å². The average molecular weight is 312 g/mol. The fourth-order valence-corrected chi connectivity index (χ4v) is 4.34. The molecule has 0 aliphatic carbocycles. The second-order valence-electron chi connectivity index (χ2n) is 3.55. The first-order valence-electron chi connectivity index (χ1n) is 5.17. The predicted molar refractivity (Wildman–Crippen MR) is 71.0 cm³/mol. The van der Waals surface area contributed by atoms with Crippen molar-refractivity contribution < 1.29 is 17.9 Å². The van der Waals surface area contributed by atoms with E-state index in [4.69, 9.17) is 16.3 Å². The Morgan fingerprint density at radius 1 is 1.56 bits per heavy atom. The van der Waals surface area contributed by atoms with Crippen molar-refractivity contribution in [3.63, 3.8) is 0 Å². The van der Waals surface area contributed by atoms with E-state index in [9.17, 15) is 13.2 Å². The number of sulfonamides is 1. The van der Waals surface area contributed by atoms with Crippen LogP contribution in [0.1, 0.15) is 23.7 Å². The van der Waals surface area contributed by atoms with Gasteiger partial charge in [-0.1, -0.05) is 11.6 Å². The van der Waals surface area contributed by atoms with E-state index in [0.717, 1.165) is 11.3 Å². The molecule has 1 N–H and O–H groups in total. The van der Waals surface area contributed by atoms with E-state index in [1.807, 2.05) is 0 Å². The maximum Gasteiger partial charge on any atom is 0.250 e. The molecule has 18 heavy (non-hydrogen) atoms. The number of nitrogens with one attached hydrogen (secondary N) is 1. The molecule has 5 nitrogen and oxygen atoms in total. The van der Waals surface area contributed by atoms with Gasteiger partial charge in [0.2, 0.25) is 0 Å². The number of rotatable bonds is 7. The highest BCUT2D eigenvalue weighted by atomic mass is 35.5. The second kappa shape index (κ2) is 6.63. The topological polar surface area (TPSA) is 72.5 Å². The summed E-state index contributed by atoms with van der Waals surface area (Å²) in [5.41, 5.74) is 0.129. The Kier molecular flexibility index (Phi) is 5.74. The SMILES string of the molecule is COCCCNS(=O)(=O)c1sc(Cl)cc1C(C)=O. The third-order valence-corrected chi connectivity index (χ3v) is 5.37. The van der Waals surface area contributed by atoms with Gasteiger partial charge in [0.15, 0.2) is 5.78 Å². The summed E-state index contributed by atoms with van der Waals surface area (Å²) in [7, 11) is -2.14. The van der Waals surface area contributed by atoms with Crippen molar-refractivity contribution in [3.05, 3.63) is 16.0 Å². The number of ketones is 1. The molecule has 0 atom stereocenters. The summed E-state index contributed by atoms with van der Waals surface area (Å²) in [6.07, 6.45) is 0.560. The molecule has 0 radical (unpaired) electrons. The molecule has 1 rings (SSSR count). The van der Waals surface area contributed by atoms with E-state index < -0.39 is 10.0 Å². The Labute approximate surface area is 115 Å². The van der Waals surface area contributed by atoms with E-state index in [0.29, 0.717) is 13.0 Å². The molecule has 102 valence electrons. The van der Waals surface area contributed by atoms with Crippen LogP contribution >= 0.6 is 22.9 Å². The van der Waals surface area contributed by atoms with Crippen LogP contribution in [0.4, 0.5) is 0 Å². The molecule has 0 amide bonds. The van der Waals surface area contributed by atoms with E-state index in [-0.39, 0.29) is 26.4 Å². The van der Waals surface area contributed by atoms with Crippen molar-refractivity contribution in [2.45, 2.75) is 17.6 Å². The van der Waals surface area contributed by atoms with Gasteiger partial charge in [-0.05, 0) is 19.4 Å². The number of hydrogen-bond acceptors (Lipinski definition) is 5. The van der Waals surface area contributed by atoms with Gasteiger partial charge in [-0.15, -0.1) is 11.3 Å². The standard InChI is InChI=1S/C10H14ClNO4S2/c1-7(13)8-6-9(11)17-10(8)18(14,15)12-4-3-5-16-2/h6,12H,3-5H2,1-2H3. The zero-order valence-electron chi connectivity index (χ0n) is 10.0. The van der Waals surface area contributed by atoms with E-state index in [2.05, 4.69) is 4.72 Å². The van der Waals surface area contributed by atoms with Crippen LogP contribution in [0.2, 0.25) is 4.34 Å². The number of hydrogen-bond donors (Lipinski definition) is 1. The molecule has 0 aromatic carbocycles. The first-order chi connectivity index (χ1) is 8.38. The lowest BCUT2D eigenvalue weighted by molar-refractivity contribution is 0.101. The third-order valence-electron chi connectivity index (χ3n) is 2.11. The average Bonchev–Trinajstić information content (AvgIpc) is 2.68. The third kappa shape index (κ3) is 4.03. The van der Waals surface area contributed by atoms with Crippen molar-refractivity contribution in [2.75, 3.05) is 20.3 Å². The quantitative estimate of drug-likeness (QED) is 0.617. The Morgan fingerprint density at radius 3 is 2.78 bits per heavy atom. The Hall–Kier alpha value is -0.470. The lowest BCUT2D eigenvalue weighted by atomic mass is 10.2. The van der Waals surface area contributed by atoms with Crippen LogP contribution in [-0.2, 0) is 14.8 Å². The maximum atomic E-state index is 12.0. The van der Waals surface area contributed by atoms with Gasteiger partial charge in [-0.2, -0.15) is 0 Å². The summed E-state index contributed by atoms with van der Waals surface area (Å²) in [5, 5.41) is 0. The fourth-order valence-electron chi connectivity index (χ4n) is 1.28. The second-order valence-corrected chi connectivity index (χ2v) is 7.20. The molecule has 0 spiro atoms. The smallest absolute Gasteiger partial charge is 0.250 e. The highest BCUT2D eigenvalue weighted by Gasteiger charge is 2.23. The Morgan fingerprint density at radius 2 is 2.22 bits per heavy atom. The minimum absolute atomic E-state index is 0.0302. The minimum atomic E-state index is -3.69. The summed E-state index contributed by atoms with van der Waals surface area (Å²) < 4.78 is 31.4. The minimum Gasteiger partial charge on any atom is -0.385 e. The van der Waals surface area contributed by atoms with Crippen LogP contribution in [0, 0.1) is 0 Å². The predicted octanol–water partition coefficient (Wildman–Crippen LogP) is 1.92. The molecular weight excluding hydrogens is 298 g/mol. The number of carbonyl (C=O) groups excluding carboxylic acids is 1. The summed E-state index contributed by atoms with van der Waals surface area (Å²) in [6, 6.07) is 1.37. The molecule has 0 saturated carbocycles. The van der Waals surface area contributed by atoms with Crippen molar-refractivity contribution in [1.82, 2.24) is 4.72 Å². The largest absolute Gasteiger partial charge is 0.385 e. The number of halogens is 1. The number of methoxy groups -OCH3 is 1. The molecule has 1 aromatic rings. The van der Waals surface area contributed by atoms with Crippen molar-refractivity contribution >= 4 is 38.7 Å². The van der Waals surface area contributed by atoms with E-state index >= 15 is 0 Å². The van der Waals surface area contributed by atoms with Crippen LogP contribution in [0.5, 0.6) is 0 Å². The van der Waals surface area contributed by atoms with Crippen LogP contribution in [0.15, 0.2) is 10.3 Å². The molecule has 0 aliphatic heterocycles.